The lowest BCUT2D eigenvalue weighted by molar-refractivity contribution is -0.218. The van der Waals surface area contributed by atoms with E-state index in [2.05, 4.69) is 30.0 Å². The molecule has 1 aromatic carbocycles. The number of ether oxygens (including phenoxy) is 1. The molecule has 7 N–H and O–H groups in total. The van der Waals surface area contributed by atoms with Crippen LogP contribution in [0.4, 0.5) is 13.9 Å². The SMILES string of the molecule is CN=C/C(=C\NCCCN)c1c(F)cc(OCCO/N=C(\C(=O)NC2C(=O)N(OS(=O)(=O)O)C2(C)C)c2csc(N)n2)cc1F. The van der Waals surface area contributed by atoms with Crippen molar-refractivity contribution in [2.75, 3.05) is 39.1 Å². The smallest absolute Gasteiger partial charge is 0.418 e. The molecule has 2 aromatic rings. The fourth-order valence-corrected chi connectivity index (χ4v) is 4.94. The Morgan fingerprint density at radius 1 is 1.29 bits per heavy atom. The second-order valence-corrected chi connectivity index (χ2v) is 11.6. The Bertz CT molecular complexity index is 1570. The molecule has 0 radical (unpaired) electrons. The van der Waals surface area contributed by atoms with E-state index in [1.807, 2.05) is 0 Å². The summed E-state index contributed by atoms with van der Waals surface area (Å²) in [5.41, 5.74) is 9.21. The lowest BCUT2D eigenvalue weighted by Crippen LogP contribution is -2.76. The number of hydrogen-bond acceptors (Lipinski definition) is 14. The molecule has 20 heteroatoms. The molecule has 0 spiro atoms. The second kappa shape index (κ2) is 15.2. The van der Waals surface area contributed by atoms with Crippen LogP contribution < -0.4 is 26.8 Å². The minimum absolute atomic E-state index is 0.00302. The largest absolute Gasteiger partial charge is 0.490 e. The first-order valence-electron chi connectivity index (χ1n) is 13.1. The Kier molecular flexibility index (Phi) is 11.9. The first-order valence-corrected chi connectivity index (χ1v) is 15.3. The third-order valence-electron chi connectivity index (χ3n) is 6.06. The predicted octanol–water partition coefficient (Wildman–Crippen LogP) is 0.623. The summed E-state index contributed by atoms with van der Waals surface area (Å²) in [6.07, 6.45) is 3.40. The molecule has 0 bridgehead atoms. The van der Waals surface area contributed by atoms with Crippen LogP contribution in [-0.2, 0) is 29.1 Å². The summed E-state index contributed by atoms with van der Waals surface area (Å²) >= 11 is 0.996. The summed E-state index contributed by atoms with van der Waals surface area (Å²) in [5, 5.41) is 11.0. The number of benzene rings is 1. The van der Waals surface area contributed by atoms with E-state index in [4.69, 9.17) is 25.6 Å². The minimum Gasteiger partial charge on any atom is -0.490 e. The number of allylic oxidation sites excluding steroid dienone is 1. The number of hydroxylamine groups is 2. The van der Waals surface area contributed by atoms with Crippen LogP contribution in [0.2, 0.25) is 0 Å². The molecule has 1 aliphatic rings. The fourth-order valence-electron chi connectivity index (χ4n) is 3.94. The highest BCUT2D eigenvalue weighted by Gasteiger charge is 2.58. The van der Waals surface area contributed by atoms with Gasteiger partial charge in [0, 0.05) is 49.1 Å². The van der Waals surface area contributed by atoms with E-state index in [0.717, 1.165) is 23.5 Å². The van der Waals surface area contributed by atoms with Gasteiger partial charge in [0.25, 0.3) is 11.8 Å². The van der Waals surface area contributed by atoms with Crippen molar-refractivity contribution in [3.8, 4) is 5.75 Å². The minimum atomic E-state index is -4.99. The lowest BCUT2D eigenvalue weighted by atomic mass is 9.84. The van der Waals surface area contributed by atoms with E-state index in [1.165, 1.54) is 38.7 Å². The number of carbonyl (C=O) groups excluding carboxylic acids is 2. The van der Waals surface area contributed by atoms with Crippen LogP contribution in [0.1, 0.15) is 31.5 Å². The molecule has 2 amide bonds. The topological polar surface area (TPSA) is 233 Å². The zero-order valence-corrected chi connectivity index (χ0v) is 26.0. The number of nitrogen functional groups attached to an aromatic ring is 1. The number of amides is 2. The summed E-state index contributed by atoms with van der Waals surface area (Å²) in [6.45, 7) is 3.18. The number of thiazole rings is 1. The van der Waals surface area contributed by atoms with Crippen LogP contribution in [0.25, 0.3) is 5.57 Å². The van der Waals surface area contributed by atoms with Gasteiger partial charge < -0.3 is 31.7 Å². The number of aliphatic imine (C=N–C) groups is 1. The third-order valence-corrected chi connectivity index (χ3v) is 7.07. The number of anilines is 1. The number of hydrogen-bond donors (Lipinski definition) is 5. The van der Waals surface area contributed by atoms with Crippen LogP contribution in [0.3, 0.4) is 0 Å². The van der Waals surface area contributed by atoms with Gasteiger partial charge in [-0.1, -0.05) is 5.16 Å². The molecule has 0 saturated carbocycles. The maximum atomic E-state index is 14.9. The number of rotatable bonds is 16. The quantitative estimate of drug-likeness (QED) is 0.0542. The lowest BCUT2D eigenvalue weighted by Gasteiger charge is -2.50. The first-order chi connectivity index (χ1) is 21.2. The van der Waals surface area contributed by atoms with Gasteiger partial charge in [-0.2, -0.15) is 13.5 Å². The molecule has 1 atom stereocenters. The van der Waals surface area contributed by atoms with Gasteiger partial charge in [-0.3, -0.25) is 19.1 Å². The molecular weight excluding hydrogens is 642 g/mol. The van der Waals surface area contributed by atoms with Gasteiger partial charge in [-0.05, 0) is 26.8 Å². The van der Waals surface area contributed by atoms with Crippen molar-refractivity contribution >= 4 is 56.2 Å². The molecule has 45 heavy (non-hydrogen) atoms. The summed E-state index contributed by atoms with van der Waals surface area (Å²) in [6, 6.07) is 0.703. The zero-order chi connectivity index (χ0) is 33.4. The van der Waals surface area contributed by atoms with Gasteiger partial charge in [0.1, 0.15) is 35.7 Å². The monoisotopic (exact) mass is 674 g/mol. The number of carbonyl (C=O) groups is 2. The number of halogens is 2. The Morgan fingerprint density at radius 3 is 2.53 bits per heavy atom. The first kappa shape index (κ1) is 35.2. The van der Waals surface area contributed by atoms with E-state index < -0.39 is 45.4 Å². The summed E-state index contributed by atoms with van der Waals surface area (Å²) in [7, 11) is -3.53. The Morgan fingerprint density at radius 2 is 1.98 bits per heavy atom. The molecule has 1 aromatic heterocycles. The summed E-state index contributed by atoms with van der Waals surface area (Å²) < 4.78 is 70.4. The molecule has 2 heterocycles. The van der Waals surface area contributed by atoms with Gasteiger partial charge in [0.05, 0.1) is 11.1 Å². The van der Waals surface area contributed by atoms with Crippen molar-refractivity contribution in [3.63, 3.8) is 0 Å². The maximum absolute atomic E-state index is 14.9. The van der Waals surface area contributed by atoms with Crippen molar-refractivity contribution < 1.29 is 45.2 Å². The van der Waals surface area contributed by atoms with E-state index in [0.29, 0.717) is 24.6 Å². The van der Waals surface area contributed by atoms with Crippen molar-refractivity contribution in [1.29, 1.82) is 0 Å². The highest BCUT2D eigenvalue weighted by molar-refractivity contribution is 7.80. The normalized spacial score (nSPS) is 16.9. The molecule has 16 nitrogen and oxygen atoms in total. The predicted molar refractivity (Wildman–Crippen MR) is 160 cm³/mol. The number of oxime groups is 1. The average molecular weight is 675 g/mol. The maximum Gasteiger partial charge on any atom is 0.418 e. The molecule has 1 aliphatic heterocycles. The van der Waals surface area contributed by atoms with E-state index in [-0.39, 0.29) is 46.6 Å². The molecule has 0 aliphatic carbocycles. The van der Waals surface area contributed by atoms with Gasteiger partial charge in [-0.25, -0.2) is 13.8 Å². The Hall–Kier alpha value is -4.24. The molecular formula is C25H32F2N8O8S2. The highest BCUT2D eigenvalue weighted by Crippen LogP contribution is 2.33. The van der Waals surface area contributed by atoms with Crippen LogP contribution in [0.5, 0.6) is 5.75 Å². The summed E-state index contributed by atoms with van der Waals surface area (Å²) in [5.74, 6) is -3.83. The number of nitrogens with one attached hydrogen (secondary N) is 2. The van der Waals surface area contributed by atoms with Crippen molar-refractivity contribution in [1.82, 2.24) is 20.7 Å². The molecule has 246 valence electrons. The van der Waals surface area contributed by atoms with Crippen LogP contribution in [-0.4, -0.2) is 91.7 Å². The summed E-state index contributed by atoms with van der Waals surface area (Å²) in [4.78, 5) is 38.5. The van der Waals surface area contributed by atoms with Gasteiger partial charge in [-0.15, -0.1) is 15.6 Å². The Balaban J connectivity index is 1.66. The number of nitrogens with two attached hydrogens (primary N) is 2. The number of aromatic nitrogens is 1. The number of nitrogens with zero attached hydrogens (tertiary/aromatic N) is 4. The van der Waals surface area contributed by atoms with E-state index in [1.54, 1.807) is 0 Å². The van der Waals surface area contributed by atoms with Crippen molar-refractivity contribution in [2.45, 2.75) is 31.8 Å². The molecule has 1 unspecified atom stereocenters. The highest BCUT2D eigenvalue weighted by atomic mass is 32.3. The molecule has 1 saturated heterocycles. The van der Waals surface area contributed by atoms with Crippen LogP contribution in [0, 0.1) is 11.6 Å². The van der Waals surface area contributed by atoms with Crippen LogP contribution >= 0.6 is 11.3 Å². The molecule has 3 rings (SSSR count). The van der Waals surface area contributed by atoms with E-state index in [9.17, 15) is 26.8 Å². The average Bonchev–Trinajstić information content (AvgIpc) is 3.39. The Labute approximate surface area is 261 Å². The second-order valence-electron chi connectivity index (χ2n) is 9.73. The van der Waals surface area contributed by atoms with E-state index >= 15 is 0 Å². The third kappa shape index (κ3) is 9.14. The van der Waals surface area contributed by atoms with Crippen molar-refractivity contribution in [3.05, 3.63) is 46.6 Å². The van der Waals surface area contributed by atoms with Gasteiger partial charge >= 0.3 is 10.4 Å². The van der Waals surface area contributed by atoms with Gasteiger partial charge in [0.15, 0.2) is 17.5 Å². The van der Waals surface area contributed by atoms with Crippen LogP contribution in [0.15, 0.2) is 33.9 Å². The number of β-lactam (4-membered cyclic amide) rings is 1. The van der Waals surface area contributed by atoms with Gasteiger partial charge in [0.2, 0.25) is 0 Å². The molecule has 1 fully saturated rings. The standard InChI is InChI=1S/C25H32F2N8O8S2/c1-25(2)21(23(37)35(25)43-45(38,39)40)33-22(36)20(18-13-44-24(29)32-18)34-42-8-7-41-15-9-16(26)19(17(27)10-15)14(11-30-3)12-31-6-4-5-28/h9-13,21,31H,4-8,28H2,1-3H3,(H2,29,32)(H,33,36)(H,38,39,40)/b14-12+,30-11?,34-20-. The fraction of sp³-hybridized carbons (Fsp3) is 0.400. The zero-order valence-electron chi connectivity index (χ0n) is 24.3. The van der Waals surface area contributed by atoms with Crippen molar-refractivity contribution in [2.24, 2.45) is 15.9 Å².